The number of rotatable bonds is 5. The van der Waals surface area contributed by atoms with Crippen LogP contribution in [0.5, 0.6) is 0 Å². The summed E-state index contributed by atoms with van der Waals surface area (Å²) in [6.45, 7) is 0.297. The summed E-state index contributed by atoms with van der Waals surface area (Å²) in [6, 6.07) is 7.02. The zero-order valence-electron chi connectivity index (χ0n) is 14.8. The minimum Gasteiger partial charge on any atom is -0.461 e. The number of fused-ring (bicyclic) bond motifs is 1. The molecule has 8 nitrogen and oxygen atoms in total. The van der Waals surface area contributed by atoms with Crippen LogP contribution in [0, 0.1) is 0 Å². The van der Waals surface area contributed by atoms with Crippen molar-refractivity contribution in [1.82, 2.24) is 18.7 Å². The predicted octanol–water partition coefficient (Wildman–Crippen LogP) is 1.34. The second-order valence-electron chi connectivity index (χ2n) is 5.87. The number of ether oxygens (including phenoxy) is 1. The molecular formula is C18H17ClN4O4. The summed E-state index contributed by atoms with van der Waals surface area (Å²) in [5.74, 6) is -0.505. The third-order valence-corrected chi connectivity index (χ3v) is 4.33. The summed E-state index contributed by atoms with van der Waals surface area (Å²) in [7, 11) is 2.95. The van der Waals surface area contributed by atoms with Gasteiger partial charge in [0.15, 0.2) is 11.2 Å². The summed E-state index contributed by atoms with van der Waals surface area (Å²) in [6.07, 6.45) is 4.39. The first-order valence-electron chi connectivity index (χ1n) is 8.09. The van der Waals surface area contributed by atoms with Crippen molar-refractivity contribution >= 4 is 34.8 Å². The molecule has 2 aromatic heterocycles. The summed E-state index contributed by atoms with van der Waals surface area (Å²) in [4.78, 5) is 40.2. The number of benzene rings is 1. The van der Waals surface area contributed by atoms with Crippen molar-refractivity contribution < 1.29 is 9.53 Å². The molecule has 0 amide bonds. The molecule has 27 heavy (non-hydrogen) atoms. The Bertz CT molecular complexity index is 1140. The molecule has 0 fully saturated rings. The van der Waals surface area contributed by atoms with E-state index in [1.54, 1.807) is 42.0 Å². The lowest BCUT2D eigenvalue weighted by molar-refractivity contribution is -0.137. The van der Waals surface area contributed by atoms with E-state index in [9.17, 15) is 14.4 Å². The van der Waals surface area contributed by atoms with Crippen LogP contribution in [0.3, 0.4) is 0 Å². The largest absolute Gasteiger partial charge is 0.461 e. The van der Waals surface area contributed by atoms with Gasteiger partial charge < -0.3 is 9.30 Å². The fraction of sp³-hybridized carbons (Fsp3) is 0.222. The van der Waals surface area contributed by atoms with Gasteiger partial charge >= 0.3 is 11.7 Å². The Morgan fingerprint density at radius 1 is 1.19 bits per heavy atom. The molecular weight excluding hydrogens is 372 g/mol. The number of aryl methyl sites for hydroxylation is 1. The molecule has 0 saturated heterocycles. The molecule has 0 aliphatic carbocycles. The highest BCUT2D eigenvalue weighted by Crippen LogP contribution is 2.10. The van der Waals surface area contributed by atoms with Gasteiger partial charge in [0, 0.05) is 25.2 Å². The Hall–Kier alpha value is -3.13. The summed E-state index contributed by atoms with van der Waals surface area (Å²) >= 11 is 5.81. The lowest BCUT2D eigenvalue weighted by Crippen LogP contribution is -2.37. The number of nitrogens with zero attached hydrogens (tertiary/aromatic N) is 4. The van der Waals surface area contributed by atoms with Crippen LogP contribution in [-0.2, 0) is 30.2 Å². The molecule has 0 spiro atoms. The van der Waals surface area contributed by atoms with Gasteiger partial charge in [0.2, 0.25) is 0 Å². The van der Waals surface area contributed by atoms with Crippen LogP contribution in [0.1, 0.15) is 5.56 Å². The van der Waals surface area contributed by atoms with Gasteiger partial charge in [-0.3, -0.25) is 13.9 Å². The predicted molar refractivity (Wildman–Crippen MR) is 102 cm³/mol. The van der Waals surface area contributed by atoms with E-state index in [1.807, 2.05) is 0 Å². The fourth-order valence-corrected chi connectivity index (χ4v) is 2.72. The van der Waals surface area contributed by atoms with Crippen LogP contribution >= 0.6 is 11.6 Å². The first kappa shape index (κ1) is 18.7. The van der Waals surface area contributed by atoms with E-state index < -0.39 is 17.2 Å². The van der Waals surface area contributed by atoms with Crippen LogP contribution in [0.4, 0.5) is 0 Å². The number of halogens is 1. The van der Waals surface area contributed by atoms with Crippen molar-refractivity contribution in [3.05, 3.63) is 68.1 Å². The normalized spacial score (nSPS) is 11.4. The molecule has 2 heterocycles. The van der Waals surface area contributed by atoms with Crippen molar-refractivity contribution in [1.29, 1.82) is 0 Å². The van der Waals surface area contributed by atoms with Gasteiger partial charge in [0.1, 0.15) is 6.61 Å². The molecule has 0 aliphatic rings. The number of carbonyl (C=O) groups excluding carboxylic acids is 1. The van der Waals surface area contributed by atoms with Crippen LogP contribution in [0.15, 0.2) is 46.3 Å². The maximum absolute atomic E-state index is 12.3. The Labute approximate surface area is 158 Å². The molecule has 0 unspecified atom stereocenters. The van der Waals surface area contributed by atoms with Crippen LogP contribution < -0.4 is 11.2 Å². The van der Waals surface area contributed by atoms with E-state index >= 15 is 0 Å². The first-order chi connectivity index (χ1) is 12.9. The summed E-state index contributed by atoms with van der Waals surface area (Å²) in [5, 5.41) is 0.617. The van der Waals surface area contributed by atoms with E-state index in [4.69, 9.17) is 16.3 Å². The average molecular weight is 389 g/mol. The highest BCUT2D eigenvalue weighted by atomic mass is 35.5. The minimum absolute atomic E-state index is 0.0568. The van der Waals surface area contributed by atoms with Crippen LogP contribution in [0.25, 0.3) is 17.2 Å². The standard InChI is InChI=1S/C18H17ClN4O4/c1-21-16-15(17(25)22(2)18(21)26)23(11-20-16)9-10-27-14(24)8-5-12-3-6-13(19)7-4-12/h3-8,11H,9-10H2,1-2H3/b8-5+. The second-order valence-corrected chi connectivity index (χ2v) is 6.30. The third-order valence-electron chi connectivity index (χ3n) is 4.08. The van der Waals surface area contributed by atoms with E-state index in [1.165, 1.54) is 24.0 Å². The third kappa shape index (κ3) is 3.85. The number of esters is 1. The van der Waals surface area contributed by atoms with Crippen LogP contribution in [0.2, 0.25) is 5.02 Å². The highest BCUT2D eigenvalue weighted by molar-refractivity contribution is 6.30. The molecule has 9 heteroatoms. The van der Waals surface area contributed by atoms with Crippen molar-refractivity contribution in [3.63, 3.8) is 0 Å². The zero-order chi connectivity index (χ0) is 19.6. The maximum Gasteiger partial charge on any atom is 0.332 e. The monoisotopic (exact) mass is 388 g/mol. The van der Waals surface area contributed by atoms with Crippen molar-refractivity contribution in [2.24, 2.45) is 14.1 Å². The topological polar surface area (TPSA) is 88.1 Å². The molecule has 0 bridgehead atoms. The van der Waals surface area contributed by atoms with E-state index in [-0.39, 0.29) is 24.3 Å². The number of imidazole rings is 1. The number of carbonyl (C=O) groups is 1. The molecule has 0 aliphatic heterocycles. The smallest absolute Gasteiger partial charge is 0.332 e. The molecule has 0 saturated carbocycles. The van der Waals surface area contributed by atoms with Crippen molar-refractivity contribution in [3.8, 4) is 0 Å². The Morgan fingerprint density at radius 3 is 2.59 bits per heavy atom. The van der Waals surface area contributed by atoms with Gasteiger partial charge in [-0.2, -0.15) is 0 Å². The fourth-order valence-electron chi connectivity index (χ4n) is 2.60. The lowest BCUT2D eigenvalue weighted by atomic mass is 10.2. The van der Waals surface area contributed by atoms with Gasteiger partial charge in [-0.05, 0) is 23.8 Å². The lowest BCUT2D eigenvalue weighted by Gasteiger charge is -2.06. The Kier molecular flexibility index (Phi) is 5.27. The van der Waals surface area contributed by atoms with Crippen molar-refractivity contribution in [2.45, 2.75) is 6.54 Å². The second kappa shape index (κ2) is 7.63. The number of hydrogen-bond donors (Lipinski definition) is 0. The minimum atomic E-state index is -0.505. The molecule has 0 radical (unpaired) electrons. The summed E-state index contributed by atoms with van der Waals surface area (Å²) in [5.41, 5.74) is 0.502. The van der Waals surface area contributed by atoms with E-state index in [0.717, 1.165) is 10.1 Å². The van der Waals surface area contributed by atoms with Crippen LogP contribution in [-0.4, -0.2) is 31.3 Å². The Morgan fingerprint density at radius 2 is 1.89 bits per heavy atom. The van der Waals surface area contributed by atoms with Gasteiger partial charge in [-0.15, -0.1) is 0 Å². The molecule has 3 rings (SSSR count). The van der Waals surface area contributed by atoms with Gasteiger partial charge in [0.25, 0.3) is 5.56 Å². The molecule has 0 N–H and O–H groups in total. The van der Waals surface area contributed by atoms with Gasteiger partial charge in [-0.1, -0.05) is 23.7 Å². The van der Waals surface area contributed by atoms with E-state index in [0.29, 0.717) is 5.02 Å². The zero-order valence-corrected chi connectivity index (χ0v) is 15.5. The molecule has 3 aromatic rings. The molecule has 140 valence electrons. The van der Waals surface area contributed by atoms with Gasteiger partial charge in [-0.25, -0.2) is 14.6 Å². The first-order valence-corrected chi connectivity index (χ1v) is 8.47. The number of aromatic nitrogens is 4. The highest BCUT2D eigenvalue weighted by Gasteiger charge is 2.14. The quantitative estimate of drug-likeness (QED) is 0.486. The van der Waals surface area contributed by atoms with Gasteiger partial charge in [0.05, 0.1) is 12.9 Å². The maximum atomic E-state index is 12.3. The van der Waals surface area contributed by atoms with Crippen molar-refractivity contribution in [2.75, 3.05) is 6.61 Å². The Balaban J connectivity index is 1.67. The SMILES string of the molecule is Cn1c(=O)c2c(ncn2CCOC(=O)/C=C/c2ccc(Cl)cc2)n(C)c1=O. The van der Waals surface area contributed by atoms with E-state index in [2.05, 4.69) is 4.98 Å². The molecule has 1 aromatic carbocycles. The average Bonchev–Trinajstić information content (AvgIpc) is 3.08. The summed E-state index contributed by atoms with van der Waals surface area (Å²) < 4.78 is 9.03. The molecule has 0 atom stereocenters. The number of hydrogen-bond acceptors (Lipinski definition) is 5.